The summed E-state index contributed by atoms with van der Waals surface area (Å²) in [6, 6.07) is 3.52. The Labute approximate surface area is 200 Å². The molecule has 1 aliphatic heterocycles. The zero-order valence-electron chi connectivity index (χ0n) is 18.8. The third-order valence-electron chi connectivity index (χ3n) is 8.53. The van der Waals surface area contributed by atoms with E-state index in [2.05, 4.69) is 5.32 Å². The van der Waals surface area contributed by atoms with Crippen molar-refractivity contribution in [2.75, 3.05) is 13.2 Å². The average molecular weight is 482 g/mol. The molecular formula is C25H26N2O8. The highest BCUT2D eigenvalue weighted by Gasteiger charge is 2.64. The number of hydrogen-bond acceptors (Lipinski definition) is 9. The van der Waals surface area contributed by atoms with Crippen molar-refractivity contribution in [2.45, 2.75) is 43.4 Å². The van der Waals surface area contributed by atoms with E-state index >= 15 is 0 Å². The number of aromatic hydroxyl groups is 1. The van der Waals surface area contributed by atoms with Gasteiger partial charge in [0.2, 0.25) is 5.78 Å². The number of aliphatic hydroxyl groups is 3. The fourth-order valence-electron chi connectivity index (χ4n) is 6.79. The van der Waals surface area contributed by atoms with Crippen LogP contribution < -0.4 is 11.1 Å². The summed E-state index contributed by atoms with van der Waals surface area (Å²) in [5, 5.41) is 47.1. The van der Waals surface area contributed by atoms with Gasteiger partial charge in [-0.3, -0.25) is 14.4 Å². The van der Waals surface area contributed by atoms with Crippen LogP contribution in [0.3, 0.4) is 0 Å². The molecule has 10 nitrogen and oxygen atoms in total. The quantitative estimate of drug-likeness (QED) is 0.328. The van der Waals surface area contributed by atoms with E-state index in [0.29, 0.717) is 25.2 Å². The molecule has 0 radical (unpaired) electrons. The third kappa shape index (κ3) is 2.84. The first-order valence-electron chi connectivity index (χ1n) is 11.7. The number of ether oxygens (including phenoxy) is 1. The highest BCUT2D eigenvalue weighted by molar-refractivity contribution is 6.24. The van der Waals surface area contributed by atoms with Crippen LogP contribution in [0.25, 0.3) is 5.76 Å². The van der Waals surface area contributed by atoms with Gasteiger partial charge in [-0.05, 0) is 43.2 Å². The summed E-state index contributed by atoms with van der Waals surface area (Å²) in [7, 11) is 0. The summed E-state index contributed by atoms with van der Waals surface area (Å²) < 4.78 is 5.30. The van der Waals surface area contributed by atoms with Gasteiger partial charge in [-0.15, -0.1) is 0 Å². The summed E-state index contributed by atoms with van der Waals surface area (Å²) in [5.41, 5.74) is 2.61. The summed E-state index contributed by atoms with van der Waals surface area (Å²) in [5.74, 6) is -6.43. The molecule has 1 amide bonds. The molecule has 0 aromatic heterocycles. The van der Waals surface area contributed by atoms with Crippen molar-refractivity contribution in [3.8, 4) is 5.75 Å². The van der Waals surface area contributed by atoms with E-state index in [-0.39, 0.29) is 34.8 Å². The van der Waals surface area contributed by atoms with Crippen LogP contribution in [0.4, 0.5) is 0 Å². The maximum Gasteiger partial charge on any atom is 0.255 e. The number of amides is 1. The van der Waals surface area contributed by atoms with Gasteiger partial charge in [0.05, 0.1) is 24.8 Å². The summed E-state index contributed by atoms with van der Waals surface area (Å²) >= 11 is 0. The van der Waals surface area contributed by atoms with Crippen LogP contribution in [0.1, 0.15) is 30.4 Å². The summed E-state index contributed by atoms with van der Waals surface area (Å²) in [6.45, 7) is 1.29. The average Bonchev–Trinajstić information content (AvgIpc) is 2.73. The minimum absolute atomic E-state index is 0.0787. The Hall–Kier alpha value is -3.21. The molecule has 1 saturated heterocycles. The first kappa shape index (κ1) is 22.3. The number of carbonyl (C=O) groups is 3. The second-order valence-corrected chi connectivity index (χ2v) is 10.6. The van der Waals surface area contributed by atoms with Gasteiger partial charge in [-0.2, -0.15) is 0 Å². The van der Waals surface area contributed by atoms with E-state index in [0.717, 1.165) is 12.8 Å². The Morgan fingerprint density at radius 3 is 2.49 bits per heavy atom. The first-order chi connectivity index (χ1) is 16.6. The minimum atomic E-state index is -2.63. The highest BCUT2D eigenvalue weighted by Crippen LogP contribution is 2.53. The number of Topliss-reactive ketones (excluding diaryl/α,β-unsaturated/α-hetero) is 2. The molecule has 1 aromatic carbocycles. The molecule has 5 aliphatic rings. The normalized spacial score (nSPS) is 33.6. The van der Waals surface area contributed by atoms with Crippen molar-refractivity contribution in [3.63, 3.8) is 0 Å². The molecule has 1 aromatic rings. The Morgan fingerprint density at radius 2 is 1.86 bits per heavy atom. The van der Waals surface area contributed by atoms with Crippen molar-refractivity contribution in [1.29, 1.82) is 0 Å². The number of benzene rings is 1. The zero-order chi connectivity index (χ0) is 24.9. The lowest BCUT2D eigenvalue weighted by molar-refractivity contribution is -0.172. The van der Waals surface area contributed by atoms with Gasteiger partial charge in [-0.1, -0.05) is 12.1 Å². The number of carbonyl (C=O) groups excluding carboxylic acids is 3. The fraction of sp³-hybridized carbons (Fsp3) is 0.480. The molecule has 10 heteroatoms. The number of fused-ring (bicyclic) bond motifs is 3. The monoisotopic (exact) mass is 482 g/mol. The topological polar surface area (TPSA) is 179 Å². The maximum atomic E-state index is 13.8. The Balaban J connectivity index is 1.44. The van der Waals surface area contributed by atoms with Crippen molar-refractivity contribution in [3.05, 3.63) is 46.2 Å². The number of rotatable bonds is 3. The second kappa shape index (κ2) is 7.16. The van der Waals surface area contributed by atoms with Gasteiger partial charge in [0.1, 0.15) is 22.8 Å². The van der Waals surface area contributed by atoms with E-state index in [1.807, 2.05) is 0 Å². The smallest absolute Gasteiger partial charge is 0.255 e. The molecule has 7 N–H and O–H groups in total. The zero-order valence-corrected chi connectivity index (χ0v) is 18.8. The molecule has 4 aliphatic carbocycles. The highest BCUT2D eigenvalue weighted by atomic mass is 16.5. The van der Waals surface area contributed by atoms with Crippen molar-refractivity contribution < 1.29 is 39.5 Å². The lowest BCUT2D eigenvalue weighted by Crippen LogP contribution is -2.69. The molecule has 6 rings (SSSR count). The van der Waals surface area contributed by atoms with Crippen LogP contribution in [-0.2, 0) is 25.5 Å². The van der Waals surface area contributed by atoms with E-state index < -0.39 is 58.0 Å². The third-order valence-corrected chi connectivity index (χ3v) is 8.53. The van der Waals surface area contributed by atoms with Gasteiger partial charge in [0, 0.05) is 22.9 Å². The predicted octanol–water partition coefficient (Wildman–Crippen LogP) is 0.171. The Morgan fingerprint density at radius 1 is 1.14 bits per heavy atom. The molecule has 4 unspecified atom stereocenters. The van der Waals surface area contributed by atoms with Gasteiger partial charge in [0.15, 0.2) is 11.4 Å². The van der Waals surface area contributed by atoms with Crippen molar-refractivity contribution in [1.82, 2.24) is 5.32 Å². The molecule has 1 spiro atoms. The van der Waals surface area contributed by atoms with Crippen LogP contribution in [0.5, 0.6) is 5.75 Å². The van der Waals surface area contributed by atoms with Gasteiger partial charge >= 0.3 is 0 Å². The lowest BCUT2D eigenvalue weighted by atomic mass is 9.57. The molecular weight excluding hydrogens is 456 g/mol. The molecule has 0 bridgehead atoms. The van der Waals surface area contributed by atoms with Crippen molar-refractivity contribution in [2.24, 2.45) is 23.0 Å². The fourth-order valence-corrected chi connectivity index (χ4v) is 6.79. The largest absolute Gasteiger partial charge is 0.508 e. The van der Waals surface area contributed by atoms with E-state index in [1.165, 1.54) is 6.07 Å². The number of nitrogens with two attached hydrogens (primary N) is 1. The molecule has 184 valence electrons. The SMILES string of the molecule is NC(=O)C1=C(O)C2(O)C(=O)C3=C(O)c4c(O)cccc4CC3CC2C(NC2CC3(COC3)C2)C1=O. The van der Waals surface area contributed by atoms with Gasteiger partial charge in [0.25, 0.3) is 5.91 Å². The Bertz CT molecular complexity index is 1250. The van der Waals surface area contributed by atoms with Gasteiger partial charge in [-0.25, -0.2) is 0 Å². The number of ketones is 2. The van der Waals surface area contributed by atoms with E-state index in [9.17, 15) is 34.8 Å². The standard InChI is InChI=1S/C25H26N2O8/c26-23(33)17-20(30)18(27-12-6-24(7-12)8-35-9-24)13-5-11-4-10-2-1-3-14(28)15(10)19(29)16(11)21(31)25(13,34)22(17)32/h1-3,11-13,18,27-29,32,34H,4-9H2,(H2,26,33). The van der Waals surface area contributed by atoms with Crippen molar-refractivity contribution >= 4 is 23.2 Å². The van der Waals surface area contributed by atoms with E-state index in [4.69, 9.17) is 10.5 Å². The molecule has 4 atom stereocenters. The van der Waals surface area contributed by atoms with Crippen LogP contribution in [0.2, 0.25) is 0 Å². The minimum Gasteiger partial charge on any atom is -0.508 e. The summed E-state index contributed by atoms with van der Waals surface area (Å²) in [4.78, 5) is 39.3. The van der Waals surface area contributed by atoms with Crippen LogP contribution in [0, 0.1) is 17.3 Å². The second-order valence-electron chi connectivity index (χ2n) is 10.6. The van der Waals surface area contributed by atoms with E-state index in [1.54, 1.807) is 12.1 Å². The number of phenolic OH excluding ortho intramolecular Hbond substituents is 1. The summed E-state index contributed by atoms with van der Waals surface area (Å²) in [6.07, 6.45) is 1.87. The van der Waals surface area contributed by atoms with Crippen LogP contribution in [-0.4, -0.2) is 68.8 Å². The molecule has 35 heavy (non-hydrogen) atoms. The maximum absolute atomic E-state index is 13.8. The Kier molecular flexibility index (Phi) is 4.55. The number of primary amides is 1. The molecule has 2 saturated carbocycles. The molecule has 1 heterocycles. The number of nitrogens with one attached hydrogen (secondary N) is 1. The lowest BCUT2D eigenvalue weighted by Gasteiger charge is -2.56. The number of aliphatic hydroxyl groups excluding tert-OH is 2. The van der Waals surface area contributed by atoms with Gasteiger partial charge < -0.3 is 36.2 Å². The first-order valence-corrected chi connectivity index (χ1v) is 11.7. The van der Waals surface area contributed by atoms with Crippen LogP contribution >= 0.6 is 0 Å². The molecule has 3 fully saturated rings. The number of hydrogen-bond donors (Lipinski definition) is 6. The predicted molar refractivity (Wildman–Crippen MR) is 120 cm³/mol. The number of phenols is 1. The van der Waals surface area contributed by atoms with Crippen LogP contribution in [0.15, 0.2) is 35.1 Å².